The van der Waals surface area contributed by atoms with Gasteiger partial charge in [0.05, 0.1) is 11.2 Å². The minimum absolute atomic E-state index is 0.0630. The minimum Gasteiger partial charge on any atom is -0.465 e. The molecule has 0 bridgehead atoms. The Morgan fingerprint density at radius 2 is 1.59 bits per heavy atom. The van der Waals surface area contributed by atoms with E-state index in [0.29, 0.717) is 0 Å². The van der Waals surface area contributed by atoms with Gasteiger partial charge in [0.25, 0.3) is 6.33 Å². The number of nitrogens with zero attached hydrogens (tertiary/aromatic N) is 2. The summed E-state index contributed by atoms with van der Waals surface area (Å²) >= 11 is 0. The molecule has 34 heavy (non-hydrogen) atoms. The fourth-order valence-electron chi connectivity index (χ4n) is 5.77. The molecule has 0 atom stereocenters. The molecule has 0 spiro atoms. The summed E-state index contributed by atoms with van der Waals surface area (Å²) in [5.74, 6) is 1.90. The molecule has 0 saturated heterocycles. The van der Waals surface area contributed by atoms with Crippen LogP contribution in [0.5, 0.6) is 11.5 Å². The summed E-state index contributed by atoms with van der Waals surface area (Å²) in [6, 6.07) is 19.8. The third kappa shape index (κ3) is 2.99. The molecule has 0 fully saturated rings. The van der Waals surface area contributed by atoms with Crippen LogP contribution in [-0.4, -0.2) is 4.57 Å². The molecule has 6 rings (SSSR count). The average Bonchev–Trinajstić information content (AvgIpc) is 3.17. The maximum atomic E-state index is 6.74. The van der Waals surface area contributed by atoms with Gasteiger partial charge in [-0.05, 0) is 64.5 Å². The Balaban J connectivity index is 1.59. The predicted octanol–water partition coefficient (Wildman–Crippen LogP) is 7.46. The fraction of sp³-hybridized carbons (Fsp3) is 0.387. The average molecular weight is 451 g/mol. The van der Waals surface area contributed by atoms with E-state index in [9.17, 15) is 0 Å². The zero-order chi connectivity index (χ0) is 24.0. The van der Waals surface area contributed by atoms with E-state index in [0.717, 1.165) is 40.3 Å². The Morgan fingerprint density at radius 3 is 2.29 bits per heavy atom. The van der Waals surface area contributed by atoms with Crippen LogP contribution in [0.3, 0.4) is 0 Å². The van der Waals surface area contributed by atoms with Crippen LogP contribution in [0.25, 0.3) is 22.4 Å². The van der Waals surface area contributed by atoms with E-state index in [2.05, 4.69) is 119 Å². The third-order valence-electron chi connectivity index (χ3n) is 8.00. The Hall–Kier alpha value is -3.07. The largest absolute Gasteiger partial charge is 0.465 e. The van der Waals surface area contributed by atoms with Crippen molar-refractivity contribution in [3.63, 3.8) is 0 Å². The topological polar surface area (TPSA) is 18.0 Å². The van der Waals surface area contributed by atoms with Crippen LogP contribution in [0.15, 0.2) is 54.6 Å². The maximum absolute atomic E-state index is 6.74. The van der Waals surface area contributed by atoms with Crippen LogP contribution >= 0.6 is 0 Å². The normalized spacial score (nSPS) is 17.7. The lowest BCUT2D eigenvalue weighted by Gasteiger charge is -2.43. The summed E-state index contributed by atoms with van der Waals surface area (Å²) in [4.78, 5) is 0. The second-order valence-electron chi connectivity index (χ2n) is 12.4. The second kappa shape index (κ2) is 6.75. The van der Waals surface area contributed by atoms with Gasteiger partial charge in [0.1, 0.15) is 22.7 Å². The number of rotatable bonds is 1. The predicted molar refractivity (Wildman–Crippen MR) is 138 cm³/mol. The van der Waals surface area contributed by atoms with Gasteiger partial charge in [0, 0.05) is 5.56 Å². The summed E-state index contributed by atoms with van der Waals surface area (Å²) < 4.78 is 11.1. The molecule has 0 radical (unpaired) electrons. The molecule has 3 aromatic carbocycles. The summed E-state index contributed by atoms with van der Waals surface area (Å²) in [5, 5.41) is 0. The number of hydrogen-bond acceptors (Lipinski definition) is 1. The number of aromatic nitrogens is 2. The van der Waals surface area contributed by atoms with Gasteiger partial charge >= 0.3 is 0 Å². The van der Waals surface area contributed by atoms with Gasteiger partial charge in [-0.25, -0.2) is 0 Å². The van der Waals surface area contributed by atoms with E-state index in [1.807, 2.05) is 0 Å². The van der Waals surface area contributed by atoms with Crippen LogP contribution < -0.4 is 9.30 Å². The summed E-state index contributed by atoms with van der Waals surface area (Å²) in [7, 11) is 0. The smallest absolute Gasteiger partial charge is 0.270 e. The monoisotopic (exact) mass is 450 g/mol. The zero-order valence-electron chi connectivity index (χ0n) is 21.4. The maximum Gasteiger partial charge on any atom is 0.270 e. The van der Waals surface area contributed by atoms with Gasteiger partial charge in [-0.3, -0.25) is 9.13 Å². The minimum atomic E-state index is 0.0630. The SMILES string of the molecule is CC(C)(C)c1ccc(-n2[c-][n+]3c4c(cccc42)Oc2c-3ccc3c2C(C)(C)CCC3(C)C)cc1. The van der Waals surface area contributed by atoms with Gasteiger partial charge in [-0.15, -0.1) is 0 Å². The van der Waals surface area contributed by atoms with E-state index in [1.165, 1.54) is 23.1 Å². The highest BCUT2D eigenvalue weighted by atomic mass is 16.5. The standard InChI is InChI=1S/C31H34N2O/c1-29(2,3)20-11-13-21(14-12-20)32-19-33-24-16-15-22-26(31(6,7)18-17-30(22,4)5)28(24)34-25-10-8-9-23(32)27(25)33/h8-16H,17-18H2,1-7H3. The molecule has 3 heteroatoms. The van der Waals surface area contributed by atoms with Gasteiger partial charge in [-0.1, -0.05) is 78.8 Å². The van der Waals surface area contributed by atoms with Crippen LogP contribution in [0.4, 0.5) is 0 Å². The molecule has 1 aliphatic heterocycles. The number of imidazole rings is 1. The highest BCUT2D eigenvalue weighted by Crippen LogP contribution is 2.52. The van der Waals surface area contributed by atoms with Gasteiger partial charge in [0.2, 0.25) is 0 Å². The number of hydrogen-bond donors (Lipinski definition) is 0. The highest BCUT2D eigenvalue weighted by Gasteiger charge is 2.41. The number of benzene rings is 3. The lowest BCUT2D eigenvalue weighted by Crippen LogP contribution is -2.38. The molecular weight excluding hydrogens is 416 g/mol. The molecule has 174 valence electrons. The van der Waals surface area contributed by atoms with Crippen molar-refractivity contribution in [1.82, 2.24) is 4.57 Å². The lowest BCUT2D eigenvalue weighted by molar-refractivity contribution is -0.575. The van der Waals surface area contributed by atoms with Crippen molar-refractivity contribution in [1.29, 1.82) is 0 Å². The van der Waals surface area contributed by atoms with Crippen molar-refractivity contribution < 1.29 is 9.30 Å². The Labute approximate surface area is 203 Å². The number of fused-ring (bicyclic) bond motifs is 4. The first-order valence-electron chi connectivity index (χ1n) is 12.4. The molecule has 1 aromatic heterocycles. The molecule has 2 aliphatic rings. The Morgan fingerprint density at radius 1 is 0.882 bits per heavy atom. The van der Waals surface area contributed by atoms with E-state index in [-0.39, 0.29) is 16.2 Å². The van der Waals surface area contributed by atoms with Crippen LogP contribution in [0.1, 0.15) is 78.0 Å². The molecule has 2 heterocycles. The van der Waals surface area contributed by atoms with Gasteiger partial charge in [-0.2, -0.15) is 0 Å². The molecule has 0 unspecified atom stereocenters. The van der Waals surface area contributed by atoms with E-state index < -0.39 is 0 Å². The number of ether oxygens (including phenoxy) is 1. The first kappa shape index (κ1) is 21.5. The molecule has 0 saturated carbocycles. The van der Waals surface area contributed by atoms with Crippen LogP contribution in [0, 0.1) is 6.33 Å². The van der Waals surface area contributed by atoms with E-state index in [1.54, 1.807) is 0 Å². The molecule has 1 aliphatic carbocycles. The first-order chi connectivity index (χ1) is 16.0. The van der Waals surface area contributed by atoms with Gasteiger partial charge in [0.15, 0.2) is 0 Å². The molecule has 0 amide bonds. The lowest BCUT2D eigenvalue weighted by atomic mass is 9.62. The van der Waals surface area contributed by atoms with E-state index >= 15 is 0 Å². The zero-order valence-corrected chi connectivity index (χ0v) is 21.4. The van der Waals surface area contributed by atoms with E-state index in [4.69, 9.17) is 4.74 Å². The van der Waals surface area contributed by atoms with Crippen molar-refractivity contribution in [2.45, 2.75) is 77.6 Å². The van der Waals surface area contributed by atoms with Gasteiger partial charge < -0.3 is 4.74 Å². The van der Waals surface area contributed by atoms with Crippen molar-refractivity contribution in [2.75, 3.05) is 0 Å². The summed E-state index contributed by atoms with van der Waals surface area (Å²) in [6.07, 6.45) is 6.01. The first-order valence-corrected chi connectivity index (χ1v) is 12.4. The third-order valence-corrected chi connectivity index (χ3v) is 8.00. The quantitative estimate of drug-likeness (QED) is 0.191. The fourth-order valence-corrected chi connectivity index (χ4v) is 5.77. The van der Waals surface area contributed by atoms with Crippen molar-refractivity contribution in [3.05, 3.63) is 77.6 Å². The van der Waals surface area contributed by atoms with Crippen molar-refractivity contribution >= 4 is 11.0 Å². The van der Waals surface area contributed by atoms with Crippen LogP contribution in [-0.2, 0) is 16.2 Å². The molecule has 3 nitrogen and oxygen atoms in total. The summed E-state index contributed by atoms with van der Waals surface area (Å²) in [5.41, 5.74) is 8.79. The second-order valence-corrected chi connectivity index (χ2v) is 12.4. The highest BCUT2D eigenvalue weighted by molar-refractivity contribution is 5.83. The summed E-state index contributed by atoms with van der Waals surface area (Å²) in [6.45, 7) is 16.2. The Kier molecular flexibility index (Phi) is 4.26. The van der Waals surface area contributed by atoms with Crippen molar-refractivity contribution in [3.8, 4) is 22.9 Å². The molecular formula is C31H34N2O. The number of para-hydroxylation sites is 1. The van der Waals surface area contributed by atoms with Crippen molar-refractivity contribution in [2.24, 2.45) is 0 Å². The molecule has 0 N–H and O–H groups in total. The van der Waals surface area contributed by atoms with Crippen LogP contribution in [0.2, 0.25) is 0 Å². The Bertz CT molecular complexity index is 1450. The molecule has 4 aromatic rings.